The molecule has 2 atom stereocenters. The SMILES string of the molecule is O=C(CCc1nc(-c2ccc(Cl)cc2)cs1)[C@]1(F)CC[C@H](O)c2ncccc21. The number of pyridine rings is 1. The number of thiazole rings is 1. The molecule has 1 aliphatic rings. The summed E-state index contributed by atoms with van der Waals surface area (Å²) in [5.41, 5.74) is 0.124. The highest BCUT2D eigenvalue weighted by molar-refractivity contribution is 7.09. The Kier molecular flexibility index (Phi) is 5.27. The van der Waals surface area contributed by atoms with Crippen LogP contribution in [0.1, 0.15) is 41.6 Å². The third kappa shape index (κ3) is 3.60. The predicted molar refractivity (Wildman–Crippen MR) is 107 cm³/mol. The van der Waals surface area contributed by atoms with Crippen LogP contribution in [0.25, 0.3) is 11.3 Å². The van der Waals surface area contributed by atoms with Gasteiger partial charge in [-0.05, 0) is 31.0 Å². The molecule has 0 radical (unpaired) electrons. The molecule has 28 heavy (non-hydrogen) atoms. The van der Waals surface area contributed by atoms with E-state index in [2.05, 4.69) is 9.97 Å². The molecule has 4 rings (SSSR count). The Morgan fingerprint density at radius 2 is 2.11 bits per heavy atom. The molecular weight excluding hydrogens is 399 g/mol. The van der Waals surface area contributed by atoms with E-state index in [1.165, 1.54) is 17.5 Å². The van der Waals surface area contributed by atoms with Gasteiger partial charge in [-0.2, -0.15) is 0 Å². The van der Waals surface area contributed by atoms with Crippen molar-refractivity contribution < 1.29 is 14.3 Å². The van der Waals surface area contributed by atoms with Gasteiger partial charge in [-0.25, -0.2) is 9.37 Å². The number of ketones is 1. The van der Waals surface area contributed by atoms with Gasteiger partial charge in [-0.3, -0.25) is 9.78 Å². The van der Waals surface area contributed by atoms with Crippen LogP contribution in [-0.2, 0) is 16.9 Å². The van der Waals surface area contributed by atoms with Crippen LogP contribution >= 0.6 is 22.9 Å². The number of aromatic nitrogens is 2. The first kappa shape index (κ1) is 19.2. The van der Waals surface area contributed by atoms with Gasteiger partial charge < -0.3 is 5.11 Å². The van der Waals surface area contributed by atoms with Crippen LogP contribution in [0, 0.1) is 0 Å². The average molecular weight is 417 g/mol. The Bertz CT molecular complexity index is 1010. The van der Waals surface area contributed by atoms with Crippen LogP contribution < -0.4 is 0 Å². The molecule has 1 aromatic carbocycles. The summed E-state index contributed by atoms with van der Waals surface area (Å²) >= 11 is 7.36. The van der Waals surface area contributed by atoms with Gasteiger partial charge in [0.25, 0.3) is 0 Å². The van der Waals surface area contributed by atoms with E-state index in [-0.39, 0.29) is 30.5 Å². The highest BCUT2D eigenvalue weighted by Crippen LogP contribution is 2.43. The first-order valence-electron chi connectivity index (χ1n) is 9.03. The highest BCUT2D eigenvalue weighted by atomic mass is 35.5. The molecule has 0 saturated heterocycles. The Labute approximate surface area is 171 Å². The molecule has 1 aliphatic carbocycles. The monoisotopic (exact) mass is 416 g/mol. The number of carbonyl (C=O) groups is 1. The maximum Gasteiger partial charge on any atom is 0.195 e. The fourth-order valence-corrected chi connectivity index (χ4v) is 4.45. The van der Waals surface area contributed by atoms with E-state index >= 15 is 4.39 Å². The largest absolute Gasteiger partial charge is 0.387 e. The quantitative estimate of drug-likeness (QED) is 0.632. The highest BCUT2D eigenvalue weighted by Gasteiger charge is 2.45. The summed E-state index contributed by atoms with van der Waals surface area (Å²) in [7, 11) is 0. The van der Waals surface area contributed by atoms with E-state index in [1.807, 2.05) is 17.5 Å². The van der Waals surface area contributed by atoms with Crippen molar-refractivity contribution in [3.8, 4) is 11.3 Å². The molecule has 0 fully saturated rings. The molecule has 0 bridgehead atoms. The Morgan fingerprint density at radius 3 is 2.89 bits per heavy atom. The third-order valence-electron chi connectivity index (χ3n) is 5.04. The summed E-state index contributed by atoms with van der Waals surface area (Å²) in [4.78, 5) is 21.4. The number of halogens is 2. The fourth-order valence-electron chi connectivity index (χ4n) is 3.51. The number of benzene rings is 1. The van der Waals surface area contributed by atoms with Crippen molar-refractivity contribution in [3.63, 3.8) is 0 Å². The van der Waals surface area contributed by atoms with E-state index in [4.69, 9.17) is 11.6 Å². The van der Waals surface area contributed by atoms with Crippen LogP contribution in [0.3, 0.4) is 0 Å². The summed E-state index contributed by atoms with van der Waals surface area (Å²) < 4.78 is 15.6. The number of Topliss-reactive ketones (excluding diaryl/α,β-unsaturated/α-hetero) is 1. The lowest BCUT2D eigenvalue weighted by molar-refractivity contribution is -0.133. The molecule has 0 saturated carbocycles. The second kappa shape index (κ2) is 7.70. The first-order chi connectivity index (χ1) is 13.5. The summed E-state index contributed by atoms with van der Waals surface area (Å²) in [5, 5.41) is 13.4. The average Bonchev–Trinajstić information content (AvgIpc) is 3.19. The zero-order chi connectivity index (χ0) is 19.7. The molecule has 4 nitrogen and oxygen atoms in total. The summed E-state index contributed by atoms with van der Waals surface area (Å²) in [6.07, 6.45) is 1.26. The van der Waals surface area contributed by atoms with Crippen LogP contribution in [0.5, 0.6) is 0 Å². The lowest BCUT2D eigenvalue weighted by Gasteiger charge is -2.32. The molecule has 144 valence electrons. The zero-order valence-electron chi connectivity index (χ0n) is 14.9. The topological polar surface area (TPSA) is 63.1 Å². The number of fused-ring (bicyclic) bond motifs is 1. The van der Waals surface area contributed by atoms with Crippen molar-refractivity contribution in [1.82, 2.24) is 9.97 Å². The van der Waals surface area contributed by atoms with Gasteiger partial charge >= 0.3 is 0 Å². The summed E-state index contributed by atoms with van der Waals surface area (Å²) in [5.74, 6) is -0.489. The molecular formula is C21H18ClFN2O2S. The standard InChI is InChI=1S/C21H18ClFN2O2S/c22-14-5-3-13(4-6-14)16-12-28-19(25-16)8-7-18(27)21(23)10-9-17(26)20-15(21)2-1-11-24-20/h1-6,11-12,17,26H,7-10H2/t17-,21-/m0/s1. The number of rotatable bonds is 5. The number of aliphatic hydroxyl groups is 1. The van der Waals surface area contributed by atoms with Gasteiger partial charge in [-0.15, -0.1) is 11.3 Å². The van der Waals surface area contributed by atoms with Gasteiger partial charge in [0, 0.05) is 40.6 Å². The minimum Gasteiger partial charge on any atom is -0.387 e. The van der Waals surface area contributed by atoms with Crippen molar-refractivity contribution in [3.05, 3.63) is 69.3 Å². The Balaban J connectivity index is 1.48. The summed E-state index contributed by atoms with van der Waals surface area (Å²) in [6.45, 7) is 0. The van der Waals surface area contributed by atoms with E-state index in [0.29, 0.717) is 11.4 Å². The molecule has 2 heterocycles. The van der Waals surface area contributed by atoms with Gasteiger partial charge in [0.2, 0.25) is 0 Å². The Morgan fingerprint density at radius 1 is 1.32 bits per heavy atom. The third-order valence-corrected chi connectivity index (χ3v) is 6.20. The van der Waals surface area contributed by atoms with E-state index < -0.39 is 17.6 Å². The number of hydrogen-bond donors (Lipinski definition) is 1. The van der Waals surface area contributed by atoms with E-state index in [1.54, 1.807) is 24.3 Å². The number of hydrogen-bond acceptors (Lipinski definition) is 5. The predicted octanol–water partition coefficient (Wildman–Crippen LogP) is 5.05. The van der Waals surface area contributed by atoms with Crippen LogP contribution in [0.15, 0.2) is 48.0 Å². The minimum atomic E-state index is -2.10. The maximum atomic E-state index is 15.6. The number of aliphatic hydroxyl groups excluding tert-OH is 1. The molecule has 0 spiro atoms. The van der Waals surface area contributed by atoms with Crippen molar-refractivity contribution >= 4 is 28.7 Å². The molecule has 0 aliphatic heterocycles. The second-order valence-electron chi connectivity index (χ2n) is 6.85. The van der Waals surface area contributed by atoms with Crippen molar-refractivity contribution in [2.45, 2.75) is 37.5 Å². The first-order valence-corrected chi connectivity index (χ1v) is 10.3. The molecule has 1 N–H and O–H groups in total. The summed E-state index contributed by atoms with van der Waals surface area (Å²) in [6, 6.07) is 10.5. The molecule has 2 aromatic heterocycles. The number of alkyl halides is 1. The maximum absolute atomic E-state index is 15.6. The van der Waals surface area contributed by atoms with E-state index in [9.17, 15) is 9.90 Å². The minimum absolute atomic E-state index is 0.0282. The second-order valence-corrected chi connectivity index (χ2v) is 8.23. The van der Waals surface area contributed by atoms with Crippen LogP contribution in [0.2, 0.25) is 5.02 Å². The lowest BCUT2D eigenvalue weighted by Crippen LogP contribution is -2.36. The fraction of sp³-hybridized carbons (Fsp3) is 0.286. The molecule has 0 amide bonds. The van der Waals surface area contributed by atoms with E-state index in [0.717, 1.165) is 16.3 Å². The van der Waals surface area contributed by atoms with Crippen molar-refractivity contribution in [2.75, 3.05) is 0 Å². The van der Waals surface area contributed by atoms with Crippen molar-refractivity contribution in [1.29, 1.82) is 0 Å². The number of aryl methyl sites for hydroxylation is 1. The normalized spacial score (nSPS) is 21.3. The van der Waals surface area contributed by atoms with Crippen molar-refractivity contribution in [2.24, 2.45) is 0 Å². The molecule has 7 heteroatoms. The van der Waals surface area contributed by atoms with Crippen LogP contribution in [0.4, 0.5) is 4.39 Å². The molecule has 3 aromatic rings. The lowest BCUT2D eigenvalue weighted by atomic mass is 9.78. The van der Waals surface area contributed by atoms with Crippen LogP contribution in [-0.4, -0.2) is 20.9 Å². The van der Waals surface area contributed by atoms with Gasteiger partial charge in [0.05, 0.1) is 22.5 Å². The number of nitrogens with zero attached hydrogens (tertiary/aromatic N) is 2. The number of carbonyl (C=O) groups excluding carboxylic acids is 1. The van der Waals surface area contributed by atoms with Gasteiger partial charge in [0.15, 0.2) is 11.5 Å². The molecule has 0 unspecified atom stereocenters. The zero-order valence-corrected chi connectivity index (χ0v) is 16.5. The smallest absolute Gasteiger partial charge is 0.195 e. The van der Waals surface area contributed by atoms with Gasteiger partial charge in [-0.1, -0.05) is 29.8 Å². The van der Waals surface area contributed by atoms with Gasteiger partial charge in [0.1, 0.15) is 0 Å². The Hall–Kier alpha value is -2.15.